The van der Waals surface area contributed by atoms with Crippen molar-refractivity contribution < 1.29 is 18.6 Å². The van der Waals surface area contributed by atoms with E-state index in [1.54, 1.807) is 0 Å². The zero-order chi connectivity index (χ0) is 14.5. The number of halogens is 1. The van der Waals surface area contributed by atoms with Crippen LogP contribution in [0.4, 0.5) is 10.1 Å². The van der Waals surface area contributed by atoms with Crippen LogP contribution in [0.1, 0.15) is 16.2 Å². The molecule has 0 saturated carbocycles. The van der Waals surface area contributed by atoms with Crippen molar-refractivity contribution in [3.63, 3.8) is 0 Å². The van der Waals surface area contributed by atoms with Crippen molar-refractivity contribution in [2.24, 2.45) is 0 Å². The Morgan fingerprint density at radius 3 is 2.90 bits per heavy atom. The van der Waals surface area contributed by atoms with Gasteiger partial charge in [-0.3, -0.25) is 14.9 Å². The second-order valence-electron chi connectivity index (χ2n) is 3.76. The second kappa shape index (κ2) is 5.87. The normalized spacial score (nSPS) is 10.2. The number of nitrogens with zero attached hydrogens (tertiary/aromatic N) is 3. The average molecular weight is 280 g/mol. The highest BCUT2D eigenvalue weighted by Gasteiger charge is 2.16. The molecule has 1 amide bonds. The molecule has 8 nitrogen and oxygen atoms in total. The van der Waals surface area contributed by atoms with Gasteiger partial charge in [-0.25, -0.2) is 0 Å². The Hall–Kier alpha value is -2.84. The summed E-state index contributed by atoms with van der Waals surface area (Å²) in [5, 5.41) is 16.4. The molecule has 2 rings (SSSR count). The second-order valence-corrected chi connectivity index (χ2v) is 3.76. The number of carbonyl (C=O) groups excluding carboxylic acids is 1. The van der Waals surface area contributed by atoms with Gasteiger partial charge in [0.15, 0.2) is 6.33 Å². The molecule has 2 aromatic rings. The van der Waals surface area contributed by atoms with Crippen LogP contribution in [0.5, 0.6) is 0 Å². The molecule has 1 aromatic carbocycles. The van der Waals surface area contributed by atoms with E-state index in [1.807, 2.05) is 0 Å². The van der Waals surface area contributed by atoms with E-state index >= 15 is 0 Å². The van der Waals surface area contributed by atoms with Crippen LogP contribution in [0, 0.1) is 15.9 Å². The molecule has 9 heteroatoms. The Morgan fingerprint density at radius 2 is 2.30 bits per heavy atom. The van der Waals surface area contributed by atoms with E-state index in [0.717, 1.165) is 12.1 Å². The summed E-state index contributed by atoms with van der Waals surface area (Å²) >= 11 is 0. The summed E-state index contributed by atoms with van der Waals surface area (Å²) in [6.45, 7) is 0.222. The van der Waals surface area contributed by atoms with Gasteiger partial charge in [0.25, 0.3) is 5.91 Å². The molecular formula is C11H9FN4O4. The van der Waals surface area contributed by atoms with Crippen molar-refractivity contribution in [1.29, 1.82) is 0 Å². The average Bonchev–Trinajstić information content (AvgIpc) is 2.91. The Labute approximate surface area is 111 Å². The molecule has 0 aliphatic carbocycles. The number of aromatic nitrogens is 2. The predicted molar refractivity (Wildman–Crippen MR) is 63.4 cm³/mol. The molecule has 0 aliphatic rings. The number of nitro benzene ring substituents is 1. The molecule has 0 bridgehead atoms. The maximum Gasteiger partial charge on any atom is 0.304 e. The molecule has 0 atom stereocenters. The van der Waals surface area contributed by atoms with Crippen molar-refractivity contribution in [3.8, 4) is 0 Å². The quantitative estimate of drug-likeness (QED) is 0.648. The van der Waals surface area contributed by atoms with Crippen LogP contribution in [0.3, 0.4) is 0 Å². The van der Waals surface area contributed by atoms with E-state index in [9.17, 15) is 19.3 Å². The topological polar surface area (TPSA) is 111 Å². The minimum Gasteiger partial charge on any atom is -0.352 e. The zero-order valence-electron chi connectivity index (χ0n) is 10.1. The number of rotatable bonds is 5. The first-order valence-corrected chi connectivity index (χ1v) is 5.55. The van der Waals surface area contributed by atoms with Crippen LogP contribution >= 0.6 is 0 Å². The third-order valence-electron chi connectivity index (χ3n) is 2.44. The molecule has 20 heavy (non-hydrogen) atoms. The van der Waals surface area contributed by atoms with Crippen molar-refractivity contribution in [3.05, 3.63) is 51.9 Å². The number of nitrogens with one attached hydrogen (secondary N) is 1. The number of benzene rings is 1. The molecule has 0 aliphatic heterocycles. The molecule has 104 valence electrons. The highest BCUT2D eigenvalue weighted by Crippen LogP contribution is 2.17. The maximum absolute atomic E-state index is 13.4. The molecule has 1 aromatic heterocycles. The van der Waals surface area contributed by atoms with Gasteiger partial charge in [-0.15, -0.1) is 0 Å². The van der Waals surface area contributed by atoms with Crippen molar-refractivity contribution in [1.82, 2.24) is 15.5 Å². The monoisotopic (exact) mass is 280 g/mol. The van der Waals surface area contributed by atoms with Crippen LogP contribution in [-0.4, -0.2) is 27.5 Å². The van der Waals surface area contributed by atoms with Gasteiger partial charge in [0.1, 0.15) is 0 Å². The molecule has 1 heterocycles. The fourth-order valence-corrected chi connectivity index (χ4v) is 1.49. The maximum atomic E-state index is 13.4. The summed E-state index contributed by atoms with van der Waals surface area (Å²) in [5.74, 6) is -1.24. The highest BCUT2D eigenvalue weighted by atomic mass is 19.1. The third-order valence-corrected chi connectivity index (χ3v) is 2.44. The predicted octanol–water partition coefficient (Wildman–Crippen LogP) is 1.09. The minimum atomic E-state index is -1.06. The van der Waals surface area contributed by atoms with Gasteiger partial charge in [0.2, 0.25) is 11.7 Å². The van der Waals surface area contributed by atoms with Gasteiger partial charge in [-0.2, -0.15) is 9.37 Å². The van der Waals surface area contributed by atoms with Gasteiger partial charge >= 0.3 is 5.69 Å². The van der Waals surface area contributed by atoms with Crippen molar-refractivity contribution in [2.45, 2.75) is 6.42 Å². The third kappa shape index (κ3) is 3.13. The molecule has 0 unspecified atom stereocenters. The van der Waals surface area contributed by atoms with E-state index in [0.29, 0.717) is 12.3 Å². The number of carbonyl (C=O) groups is 1. The lowest BCUT2D eigenvalue weighted by Gasteiger charge is -2.03. The number of amides is 1. The van der Waals surface area contributed by atoms with E-state index in [4.69, 9.17) is 4.52 Å². The fraction of sp³-hybridized carbons (Fsp3) is 0.182. The zero-order valence-corrected chi connectivity index (χ0v) is 10.1. The summed E-state index contributed by atoms with van der Waals surface area (Å²) in [5.41, 5.74) is -0.675. The Bertz CT molecular complexity index is 629. The Morgan fingerprint density at radius 1 is 1.50 bits per heavy atom. The van der Waals surface area contributed by atoms with Crippen LogP contribution < -0.4 is 5.32 Å². The summed E-state index contributed by atoms with van der Waals surface area (Å²) in [6.07, 6.45) is 1.57. The van der Waals surface area contributed by atoms with Gasteiger partial charge in [-0.05, 0) is 12.1 Å². The Kier molecular flexibility index (Phi) is 3.99. The lowest BCUT2D eigenvalue weighted by atomic mass is 10.2. The summed E-state index contributed by atoms with van der Waals surface area (Å²) < 4.78 is 18.1. The highest BCUT2D eigenvalue weighted by molar-refractivity contribution is 5.94. The molecule has 0 radical (unpaired) electrons. The SMILES string of the molecule is O=C(NCCc1ncno1)c1ccc([N+](=O)[O-])c(F)c1. The summed E-state index contributed by atoms with van der Waals surface area (Å²) in [6, 6.07) is 2.95. The molecule has 1 N–H and O–H groups in total. The lowest BCUT2D eigenvalue weighted by Crippen LogP contribution is -2.25. The van der Waals surface area contributed by atoms with Gasteiger partial charge < -0.3 is 9.84 Å². The van der Waals surface area contributed by atoms with E-state index in [1.165, 1.54) is 12.4 Å². The smallest absolute Gasteiger partial charge is 0.304 e. The molecule has 0 saturated heterocycles. The molecular weight excluding hydrogens is 271 g/mol. The number of hydrogen-bond acceptors (Lipinski definition) is 6. The fourth-order valence-electron chi connectivity index (χ4n) is 1.49. The first-order chi connectivity index (χ1) is 9.58. The first kappa shape index (κ1) is 13.6. The lowest BCUT2D eigenvalue weighted by molar-refractivity contribution is -0.387. The van der Waals surface area contributed by atoms with E-state index in [-0.39, 0.29) is 12.1 Å². The summed E-state index contributed by atoms with van der Waals surface area (Å²) in [4.78, 5) is 25.1. The molecule has 0 spiro atoms. The van der Waals surface area contributed by atoms with Crippen molar-refractivity contribution >= 4 is 11.6 Å². The molecule has 0 fully saturated rings. The van der Waals surface area contributed by atoms with Gasteiger partial charge in [0.05, 0.1) is 4.92 Å². The van der Waals surface area contributed by atoms with Gasteiger partial charge in [-0.1, -0.05) is 5.16 Å². The minimum absolute atomic E-state index is 0.00127. The standard InChI is InChI=1S/C11H9FN4O4/c12-8-5-7(1-2-9(8)16(18)19)11(17)13-4-3-10-14-6-15-20-10/h1-2,5-6H,3-4H2,(H,13,17). The van der Waals surface area contributed by atoms with Gasteiger partial charge in [0, 0.05) is 24.6 Å². The number of hydrogen-bond donors (Lipinski definition) is 1. The van der Waals surface area contributed by atoms with Crippen LogP contribution in [0.2, 0.25) is 0 Å². The Balaban J connectivity index is 1.95. The summed E-state index contributed by atoms with van der Waals surface area (Å²) in [7, 11) is 0. The van der Waals surface area contributed by atoms with Crippen LogP contribution in [-0.2, 0) is 6.42 Å². The largest absolute Gasteiger partial charge is 0.352 e. The van der Waals surface area contributed by atoms with Crippen molar-refractivity contribution in [2.75, 3.05) is 6.54 Å². The number of nitro groups is 1. The van der Waals surface area contributed by atoms with E-state index < -0.39 is 22.3 Å². The van der Waals surface area contributed by atoms with Crippen LogP contribution in [0.25, 0.3) is 0 Å². The first-order valence-electron chi connectivity index (χ1n) is 5.55. The van der Waals surface area contributed by atoms with E-state index in [2.05, 4.69) is 15.5 Å². The van der Waals surface area contributed by atoms with Crippen LogP contribution in [0.15, 0.2) is 29.0 Å².